The van der Waals surface area contributed by atoms with Gasteiger partial charge < -0.3 is 10.0 Å². The highest BCUT2D eigenvalue weighted by Crippen LogP contribution is 2.31. The van der Waals surface area contributed by atoms with Gasteiger partial charge in [-0.25, -0.2) is 14.5 Å². The first kappa shape index (κ1) is 15.5. The molecule has 0 saturated carbocycles. The molecule has 0 spiro atoms. The molecule has 6 heteroatoms. The minimum Gasteiger partial charge on any atom is -0.478 e. The fraction of sp³-hybridized carbons (Fsp3) is 0.471. The molecule has 23 heavy (non-hydrogen) atoms. The monoisotopic (exact) mass is 314 g/mol. The lowest BCUT2D eigenvalue weighted by molar-refractivity contribution is 0.0695. The SMILES string of the molecule is CC(C)(C)n1ncnc1CN1CCCc2c(C(=O)O)cccc21. The van der Waals surface area contributed by atoms with Gasteiger partial charge in [-0.3, -0.25) is 0 Å². The van der Waals surface area contributed by atoms with Crippen LogP contribution >= 0.6 is 0 Å². The van der Waals surface area contributed by atoms with Gasteiger partial charge in [0.25, 0.3) is 0 Å². The van der Waals surface area contributed by atoms with Crippen molar-refractivity contribution in [2.24, 2.45) is 0 Å². The van der Waals surface area contributed by atoms with E-state index in [2.05, 4.69) is 35.8 Å². The fourth-order valence-electron chi connectivity index (χ4n) is 3.17. The van der Waals surface area contributed by atoms with Crippen molar-refractivity contribution in [2.75, 3.05) is 11.4 Å². The standard InChI is InChI=1S/C17H22N4O2/c1-17(2,3)21-15(18-11-19-21)10-20-9-5-7-12-13(16(22)23)6-4-8-14(12)20/h4,6,8,11H,5,7,9-10H2,1-3H3,(H,22,23). The molecule has 1 aromatic carbocycles. The van der Waals surface area contributed by atoms with Gasteiger partial charge in [0.1, 0.15) is 12.2 Å². The maximum atomic E-state index is 11.4. The van der Waals surface area contributed by atoms with Gasteiger partial charge in [-0.15, -0.1) is 0 Å². The van der Waals surface area contributed by atoms with E-state index in [1.807, 2.05) is 16.8 Å². The maximum absolute atomic E-state index is 11.4. The average Bonchev–Trinajstić information content (AvgIpc) is 2.95. The van der Waals surface area contributed by atoms with Crippen LogP contribution in [0.5, 0.6) is 0 Å². The minimum atomic E-state index is -0.860. The lowest BCUT2D eigenvalue weighted by Gasteiger charge is -2.32. The average molecular weight is 314 g/mol. The Labute approximate surface area is 135 Å². The van der Waals surface area contributed by atoms with Crippen LogP contribution in [-0.4, -0.2) is 32.4 Å². The summed E-state index contributed by atoms with van der Waals surface area (Å²) in [7, 11) is 0. The first-order valence-electron chi connectivity index (χ1n) is 7.87. The Hall–Kier alpha value is -2.37. The molecular weight excluding hydrogens is 292 g/mol. The first-order valence-corrected chi connectivity index (χ1v) is 7.87. The summed E-state index contributed by atoms with van der Waals surface area (Å²) in [5.74, 6) is 0.0348. The molecule has 6 nitrogen and oxygen atoms in total. The first-order chi connectivity index (χ1) is 10.9. The molecule has 0 bridgehead atoms. The highest BCUT2D eigenvalue weighted by atomic mass is 16.4. The second-order valence-corrected chi connectivity index (χ2v) is 6.89. The minimum absolute atomic E-state index is 0.132. The second kappa shape index (κ2) is 5.68. The van der Waals surface area contributed by atoms with Gasteiger partial charge in [-0.1, -0.05) is 6.07 Å². The van der Waals surface area contributed by atoms with Gasteiger partial charge in [-0.2, -0.15) is 5.10 Å². The van der Waals surface area contributed by atoms with Crippen LogP contribution in [0.25, 0.3) is 0 Å². The quantitative estimate of drug-likeness (QED) is 0.943. The van der Waals surface area contributed by atoms with Crippen molar-refractivity contribution < 1.29 is 9.90 Å². The number of hydrogen-bond acceptors (Lipinski definition) is 4. The predicted molar refractivity (Wildman–Crippen MR) is 87.8 cm³/mol. The van der Waals surface area contributed by atoms with Crippen LogP contribution in [0.4, 0.5) is 5.69 Å². The van der Waals surface area contributed by atoms with Crippen molar-refractivity contribution in [1.82, 2.24) is 14.8 Å². The zero-order chi connectivity index (χ0) is 16.6. The van der Waals surface area contributed by atoms with Crippen molar-refractivity contribution in [3.05, 3.63) is 41.5 Å². The molecule has 1 N–H and O–H groups in total. The number of rotatable bonds is 3. The van der Waals surface area contributed by atoms with Crippen molar-refractivity contribution in [3.63, 3.8) is 0 Å². The summed E-state index contributed by atoms with van der Waals surface area (Å²) in [6.07, 6.45) is 3.33. The van der Waals surface area contributed by atoms with E-state index in [-0.39, 0.29) is 5.54 Å². The van der Waals surface area contributed by atoms with E-state index < -0.39 is 5.97 Å². The molecular formula is C17H22N4O2. The second-order valence-electron chi connectivity index (χ2n) is 6.89. The smallest absolute Gasteiger partial charge is 0.336 e. The van der Waals surface area contributed by atoms with Gasteiger partial charge in [0.05, 0.1) is 17.6 Å². The molecule has 0 radical (unpaired) electrons. The number of anilines is 1. The number of fused-ring (bicyclic) bond motifs is 1. The lowest BCUT2D eigenvalue weighted by Crippen LogP contribution is -2.33. The van der Waals surface area contributed by atoms with Crippen LogP contribution in [0.1, 0.15) is 48.9 Å². The van der Waals surface area contributed by atoms with Gasteiger partial charge in [0.15, 0.2) is 0 Å². The van der Waals surface area contributed by atoms with Crippen molar-refractivity contribution >= 4 is 11.7 Å². The number of carboxylic acid groups (broad SMARTS) is 1. The Balaban J connectivity index is 1.95. The highest BCUT2D eigenvalue weighted by molar-refractivity contribution is 5.91. The number of hydrogen-bond donors (Lipinski definition) is 1. The van der Waals surface area contributed by atoms with E-state index >= 15 is 0 Å². The molecule has 0 fully saturated rings. The summed E-state index contributed by atoms with van der Waals surface area (Å²) >= 11 is 0. The lowest BCUT2D eigenvalue weighted by atomic mass is 9.96. The predicted octanol–water partition coefficient (Wildman–Crippen LogP) is 2.68. The summed E-state index contributed by atoms with van der Waals surface area (Å²) in [6, 6.07) is 5.50. The molecule has 2 aromatic rings. The molecule has 122 valence electrons. The Bertz CT molecular complexity index is 730. The van der Waals surface area contributed by atoms with E-state index in [1.54, 1.807) is 12.4 Å². The molecule has 1 aliphatic heterocycles. The molecule has 0 unspecified atom stereocenters. The van der Waals surface area contributed by atoms with Crippen molar-refractivity contribution in [2.45, 2.75) is 45.7 Å². The van der Waals surface area contributed by atoms with Crippen LogP contribution in [0, 0.1) is 0 Å². The van der Waals surface area contributed by atoms with Gasteiger partial charge >= 0.3 is 5.97 Å². The normalized spacial score (nSPS) is 14.7. The molecule has 1 aromatic heterocycles. The summed E-state index contributed by atoms with van der Waals surface area (Å²) in [6.45, 7) is 7.81. The molecule has 0 amide bonds. The summed E-state index contributed by atoms with van der Waals surface area (Å²) in [5.41, 5.74) is 2.20. The molecule has 0 atom stereocenters. The van der Waals surface area contributed by atoms with Gasteiger partial charge in [0.2, 0.25) is 0 Å². The van der Waals surface area contributed by atoms with E-state index in [0.29, 0.717) is 12.1 Å². The summed E-state index contributed by atoms with van der Waals surface area (Å²) in [4.78, 5) is 18.0. The van der Waals surface area contributed by atoms with Crippen LogP contribution < -0.4 is 4.90 Å². The summed E-state index contributed by atoms with van der Waals surface area (Å²) < 4.78 is 1.93. The number of benzene rings is 1. The van der Waals surface area contributed by atoms with Crippen LogP contribution in [0.2, 0.25) is 0 Å². The zero-order valence-electron chi connectivity index (χ0n) is 13.8. The highest BCUT2D eigenvalue weighted by Gasteiger charge is 2.25. The Morgan fingerprint density at radius 1 is 1.35 bits per heavy atom. The number of carbonyl (C=O) groups is 1. The van der Waals surface area contributed by atoms with Crippen LogP contribution in [0.3, 0.4) is 0 Å². The third kappa shape index (κ3) is 2.93. The maximum Gasteiger partial charge on any atom is 0.336 e. The zero-order valence-corrected chi connectivity index (χ0v) is 13.8. The Morgan fingerprint density at radius 3 is 2.83 bits per heavy atom. The van der Waals surface area contributed by atoms with Crippen LogP contribution in [0.15, 0.2) is 24.5 Å². The topological polar surface area (TPSA) is 71.2 Å². The largest absolute Gasteiger partial charge is 0.478 e. The van der Waals surface area contributed by atoms with Crippen molar-refractivity contribution in [3.8, 4) is 0 Å². The number of nitrogens with zero attached hydrogens (tertiary/aromatic N) is 4. The van der Waals surface area contributed by atoms with Gasteiger partial charge in [-0.05, 0) is 51.3 Å². The van der Waals surface area contributed by atoms with E-state index in [4.69, 9.17) is 0 Å². The van der Waals surface area contributed by atoms with Crippen molar-refractivity contribution in [1.29, 1.82) is 0 Å². The molecule has 0 saturated heterocycles. The Morgan fingerprint density at radius 2 is 2.13 bits per heavy atom. The van der Waals surface area contributed by atoms with E-state index in [0.717, 1.165) is 36.5 Å². The van der Waals surface area contributed by atoms with E-state index in [1.165, 1.54) is 0 Å². The number of aromatic carboxylic acids is 1. The number of aromatic nitrogens is 3. The summed E-state index contributed by atoms with van der Waals surface area (Å²) in [5, 5.41) is 13.7. The van der Waals surface area contributed by atoms with Crippen LogP contribution in [-0.2, 0) is 18.5 Å². The molecule has 2 heterocycles. The fourth-order valence-corrected chi connectivity index (χ4v) is 3.17. The third-order valence-electron chi connectivity index (χ3n) is 4.16. The molecule has 3 rings (SSSR count). The van der Waals surface area contributed by atoms with E-state index in [9.17, 15) is 9.90 Å². The molecule has 1 aliphatic rings. The van der Waals surface area contributed by atoms with Gasteiger partial charge in [0, 0.05) is 12.2 Å². The molecule has 0 aliphatic carbocycles. The number of carboxylic acids is 1. The Kier molecular flexibility index (Phi) is 3.83. The third-order valence-corrected chi connectivity index (χ3v) is 4.16.